The molecule has 0 aliphatic rings. The second-order valence-electron chi connectivity index (χ2n) is 7.21. The molecule has 0 spiro atoms. The number of amides is 1. The molecular formula is C25H28N2O7S. The average molecular weight is 501 g/mol. The summed E-state index contributed by atoms with van der Waals surface area (Å²) in [5, 5.41) is 2.70. The van der Waals surface area contributed by atoms with Crippen LogP contribution in [-0.2, 0) is 14.8 Å². The summed E-state index contributed by atoms with van der Waals surface area (Å²) in [6, 6.07) is 19.8. The van der Waals surface area contributed by atoms with Crippen LogP contribution in [0.15, 0.2) is 77.7 Å². The second-order valence-corrected chi connectivity index (χ2v) is 9.08. The zero-order valence-corrected chi connectivity index (χ0v) is 20.6. The van der Waals surface area contributed by atoms with Crippen LogP contribution in [0.1, 0.15) is 0 Å². The molecule has 0 saturated heterocycles. The normalized spacial score (nSPS) is 10.8. The molecule has 0 atom stereocenters. The van der Waals surface area contributed by atoms with E-state index in [0.717, 1.165) is 4.31 Å². The third kappa shape index (κ3) is 6.36. The van der Waals surface area contributed by atoms with Crippen LogP contribution < -0.4 is 28.6 Å². The Balaban J connectivity index is 1.74. The number of carbonyl (C=O) groups is 1. The largest absolute Gasteiger partial charge is 0.493 e. The van der Waals surface area contributed by atoms with E-state index in [9.17, 15) is 13.2 Å². The van der Waals surface area contributed by atoms with Crippen molar-refractivity contribution < 1.29 is 32.2 Å². The Morgan fingerprint density at radius 3 is 2.06 bits per heavy atom. The molecule has 1 amide bonds. The molecule has 35 heavy (non-hydrogen) atoms. The topological polar surface area (TPSA) is 103 Å². The van der Waals surface area contributed by atoms with Gasteiger partial charge in [-0.05, 0) is 36.4 Å². The van der Waals surface area contributed by atoms with Gasteiger partial charge in [0.05, 0.1) is 38.5 Å². The number of carbonyl (C=O) groups excluding carboxylic acids is 1. The monoisotopic (exact) mass is 500 g/mol. The Labute approximate surface area is 205 Å². The number of nitrogens with zero attached hydrogens (tertiary/aromatic N) is 1. The number of hydrogen-bond acceptors (Lipinski definition) is 7. The molecule has 0 unspecified atom stereocenters. The van der Waals surface area contributed by atoms with Crippen molar-refractivity contribution in [2.45, 2.75) is 4.90 Å². The number of ether oxygens (including phenoxy) is 4. The molecule has 9 nitrogen and oxygen atoms in total. The molecule has 1 N–H and O–H groups in total. The lowest BCUT2D eigenvalue weighted by Gasteiger charge is -2.24. The van der Waals surface area contributed by atoms with E-state index < -0.39 is 22.5 Å². The minimum atomic E-state index is -4.10. The van der Waals surface area contributed by atoms with Crippen LogP contribution in [0.25, 0.3) is 0 Å². The van der Waals surface area contributed by atoms with Gasteiger partial charge in [-0.2, -0.15) is 0 Å². The van der Waals surface area contributed by atoms with Crippen LogP contribution in [0.4, 0.5) is 5.69 Å². The van der Waals surface area contributed by atoms with Crippen LogP contribution >= 0.6 is 0 Å². The maximum Gasteiger partial charge on any atom is 0.264 e. The van der Waals surface area contributed by atoms with E-state index >= 15 is 0 Å². The van der Waals surface area contributed by atoms with Gasteiger partial charge >= 0.3 is 0 Å². The number of benzene rings is 3. The van der Waals surface area contributed by atoms with Crippen LogP contribution in [0.5, 0.6) is 23.0 Å². The van der Waals surface area contributed by atoms with Gasteiger partial charge in [0.2, 0.25) is 5.91 Å². The van der Waals surface area contributed by atoms with E-state index in [1.165, 1.54) is 32.4 Å². The highest BCUT2D eigenvalue weighted by Crippen LogP contribution is 2.32. The lowest BCUT2D eigenvalue weighted by Crippen LogP contribution is -2.41. The van der Waals surface area contributed by atoms with Crippen LogP contribution in [0.3, 0.4) is 0 Å². The van der Waals surface area contributed by atoms with Crippen molar-refractivity contribution in [3.63, 3.8) is 0 Å². The fourth-order valence-corrected chi connectivity index (χ4v) is 4.73. The summed E-state index contributed by atoms with van der Waals surface area (Å²) >= 11 is 0. The SMILES string of the molecule is COc1ccc(S(=O)(=O)N(CC(=O)NCCOc2ccccc2OC)c2ccccc2)cc1OC. The molecule has 0 radical (unpaired) electrons. The highest BCUT2D eigenvalue weighted by Gasteiger charge is 2.28. The Morgan fingerprint density at radius 1 is 0.800 bits per heavy atom. The molecule has 3 rings (SSSR count). The second kappa shape index (κ2) is 12.0. The summed E-state index contributed by atoms with van der Waals surface area (Å²) in [5.41, 5.74) is 0.350. The number of para-hydroxylation sites is 3. The Morgan fingerprint density at radius 2 is 1.40 bits per heavy atom. The molecule has 0 saturated carbocycles. The molecule has 3 aromatic carbocycles. The predicted molar refractivity (Wildman–Crippen MR) is 132 cm³/mol. The van der Waals surface area contributed by atoms with Crippen molar-refractivity contribution in [2.24, 2.45) is 0 Å². The van der Waals surface area contributed by atoms with Crippen molar-refractivity contribution in [1.29, 1.82) is 0 Å². The third-order valence-corrected chi connectivity index (χ3v) is 6.80. The van der Waals surface area contributed by atoms with Crippen molar-refractivity contribution in [1.82, 2.24) is 5.32 Å². The fourth-order valence-electron chi connectivity index (χ4n) is 3.29. The fraction of sp³-hybridized carbons (Fsp3) is 0.240. The number of hydrogen-bond donors (Lipinski definition) is 1. The molecule has 0 aliphatic heterocycles. The smallest absolute Gasteiger partial charge is 0.264 e. The van der Waals surface area contributed by atoms with E-state index in [0.29, 0.717) is 22.9 Å². The van der Waals surface area contributed by atoms with Gasteiger partial charge in [0.25, 0.3) is 10.0 Å². The number of anilines is 1. The molecular weight excluding hydrogens is 472 g/mol. The molecule has 3 aromatic rings. The van der Waals surface area contributed by atoms with E-state index in [4.69, 9.17) is 18.9 Å². The molecule has 0 bridgehead atoms. The van der Waals surface area contributed by atoms with Crippen molar-refractivity contribution >= 4 is 21.6 Å². The average Bonchev–Trinajstić information content (AvgIpc) is 2.89. The molecule has 0 aliphatic carbocycles. The Kier molecular flexibility index (Phi) is 8.80. The van der Waals surface area contributed by atoms with Gasteiger partial charge in [-0.25, -0.2) is 8.42 Å². The van der Waals surface area contributed by atoms with Gasteiger partial charge in [-0.1, -0.05) is 30.3 Å². The van der Waals surface area contributed by atoms with E-state index in [-0.39, 0.29) is 23.8 Å². The number of sulfonamides is 1. The van der Waals surface area contributed by atoms with Crippen molar-refractivity contribution in [3.8, 4) is 23.0 Å². The zero-order valence-electron chi connectivity index (χ0n) is 19.8. The standard InChI is InChI=1S/C25H28N2O7S/c1-31-21-11-7-8-12-23(21)34-16-15-26-25(28)18-27(19-9-5-4-6-10-19)35(29,30)20-13-14-22(32-2)24(17-20)33-3/h4-14,17H,15-16,18H2,1-3H3,(H,26,28). The van der Waals surface area contributed by atoms with Crippen LogP contribution in [0, 0.1) is 0 Å². The lowest BCUT2D eigenvalue weighted by molar-refractivity contribution is -0.119. The highest BCUT2D eigenvalue weighted by atomic mass is 32.2. The van der Waals surface area contributed by atoms with Gasteiger partial charge in [0.15, 0.2) is 23.0 Å². The number of methoxy groups -OCH3 is 3. The summed E-state index contributed by atoms with van der Waals surface area (Å²) in [6.45, 7) is -0.0643. The van der Waals surface area contributed by atoms with Gasteiger partial charge in [0, 0.05) is 6.07 Å². The summed E-state index contributed by atoms with van der Waals surface area (Å²) in [7, 11) is 0.325. The van der Waals surface area contributed by atoms with Gasteiger partial charge in [0.1, 0.15) is 13.2 Å². The minimum absolute atomic E-state index is 0.0358. The van der Waals surface area contributed by atoms with E-state index in [2.05, 4.69) is 5.32 Å². The quantitative estimate of drug-likeness (QED) is 0.381. The predicted octanol–water partition coefficient (Wildman–Crippen LogP) is 3.10. The molecule has 10 heteroatoms. The Bertz CT molecular complexity index is 1230. The Hall–Kier alpha value is -3.92. The van der Waals surface area contributed by atoms with Gasteiger partial charge in [-0.3, -0.25) is 9.10 Å². The van der Waals surface area contributed by atoms with Gasteiger partial charge in [-0.15, -0.1) is 0 Å². The van der Waals surface area contributed by atoms with Gasteiger partial charge < -0.3 is 24.3 Å². The number of nitrogens with one attached hydrogen (secondary N) is 1. The summed E-state index contributed by atoms with van der Waals surface area (Å²) < 4.78 is 49.4. The molecule has 186 valence electrons. The lowest BCUT2D eigenvalue weighted by atomic mass is 10.3. The first kappa shape index (κ1) is 25.7. The molecule has 0 aromatic heterocycles. The first-order valence-electron chi connectivity index (χ1n) is 10.7. The summed E-state index contributed by atoms with van der Waals surface area (Å²) in [6.07, 6.45) is 0. The zero-order chi connectivity index (χ0) is 25.3. The molecule has 0 heterocycles. The maximum atomic E-state index is 13.5. The first-order chi connectivity index (χ1) is 16.9. The first-order valence-corrected chi connectivity index (χ1v) is 12.2. The minimum Gasteiger partial charge on any atom is -0.493 e. The van der Waals surface area contributed by atoms with Crippen molar-refractivity contribution in [3.05, 3.63) is 72.8 Å². The summed E-state index contributed by atoms with van der Waals surface area (Å²) in [5.74, 6) is 1.30. The third-order valence-electron chi connectivity index (χ3n) is 5.03. The summed E-state index contributed by atoms with van der Waals surface area (Å²) in [4.78, 5) is 12.7. The number of rotatable bonds is 12. The highest BCUT2D eigenvalue weighted by molar-refractivity contribution is 7.92. The van der Waals surface area contributed by atoms with E-state index in [1.54, 1.807) is 49.6 Å². The van der Waals surface area contributed by atoms with E-state index in [1.807, 2.05) is 12.1 Å². The van der Waals surface area contributed by atoms with Crippen LogP contribution in [-0.4, -0.2) is 55.4 Å². The molecule has 0 fully saturated rings. The van der Waals surface area contributed by atoms with Crippen LogP contribution in [0.2, 0.25) is 0 Å². The maximum absolute atomic E-state index is 13.5. The van der Waals surface area contributed by atoms with Crippen molar-refractivity contribution in [2.75, 3.05) is 45.3 Å².